The van der Waals surface area contributed by atoms with Crippen molar-refractivity contribution in [2.75, 3.05) is 17.4 Å². The van der Waals surface area contributed by atoms with E-state index in [4.69, 9.17) is 11.6 Å². The molecule has 42 heavy (non-hydrogen) atoms. The molecule has 1 N–H and O–H groups in total. The molecule has 0 fully saturated rings. The van der Waals surface area contributed by atoms with Crippen molar-refractivity contribution in [3.63, 3.8) is 0 Å². The molecule has 2 amide bonds. The topological polar surface area (TPSA) is 86.8 Å². The second kappa shape index (κ2) is 14.2. The Morgan fingerprint density at radius 2 is 1.50 bits per heavy atom. The average Bonchev–Trinajstić information content (AvgIpc) is 2.99. The van der Waals surface area contributed by atoms with Crippen molar-refractivity contribution in [3.05, 3.63) is 131 Å². The Morgan fingerprint density at radius 3 is 2.14 bits per heavy atom. The highest BCUT2D eigenvalue weighted by Gasteiger charge is 2.34. The van der Waals surface area contributed by atoms with E-state index >= 15 is 0 Å². The van der Waals surface area contributed by atoms with Gasteiger partial charge in [-0.25, -0.2) is 8.42 Å². The van der Waals surface area contributed by atoms with Crippen molar-refractivity contribution < 1.29 is 18.0 Å². The second-order valence-electron chi connectivity index (χ2n) is 9.85. The fraction of sp³-hybridized carbons (Fsp3) is 0.212. The Bertz CT molecular complexity index is 1610. The van der Waals surface area contributed by atoms with Crippen LogP contribution in [-0.4, -0.2) is 44.3 Å². The summed E-state index contributed by atoms with van der Waals surface area (Å²) < 4.78 is 28.9. The normalized spacial score (nSPS) is 11.9. The van der Waals surface area contributed by atoms with Gasteiger partial charge in [-0.3, -0.25) is 13.9 Å². The van der Waals surface area contributed by atoms with Gasteiger partial charge in [0, 0.05) is 24.5 Å². The van der Waals surface area contributed by atoms with Gasteiger partial charge < -0.3 is 10.2 Å². The van der Waals surface area contributed by atoms with Crippen molar-refractivity contribution in [1.82, 2.24) is 10.2 Å². The second-order valence-corrected chi connectivity index (χ2v) is 12.2. The summed E-state index contributed by atoms with van der Waals surface area (Å²) in [5, 5.41) is 3.20. The van der Waals surface area contributed by atoms with E-state index < -0.39 is 28.5 Å². The van der Waals surface area contributed by atoms with Crippen LogP contribution in [0.15, 0.2) is 114 Å². The number of benzene rings is 4. The Morgan fingerprint density at radius 1 is 0.857 bits per heavy atom. The predicted molar refractivity (Wildman–Crippen MR) is 167 cm³/mol. The molecule has 7 nitrogen and oxygen atoms in total. The van der Waals surface area contributed by atoms with Gasteiger partial charge in [-0.2, -0.15) is 0 Å². The molecule has 0 spiro atoms. The molecule has 0 unspecified atom stereocenters. The number of hydrogen-bond acceptors (Lipinski definition) is 4. The van der Waals surface area contributed by atoms with E-state index in [0.717, 1.165) is 21.0 Å². The van der Waals surface area contributed by atoms with Gasteiger partial charge >= 0.3 is 0 Å². The smallest absolute Gasteiger partial charge is 0.264 e. The summed E-state index contributed by atoms with van der Waals surface area (Å²) in [5.74, 6) is -0.839. The quantitative estimate of drug-likeness (QED) is 0.228. The first-order valence-electron chi connectivity index (χ1n) is 13.7. The monoisotopic (exact) mass is 603 g/mol. The van der Waals surface area contributed by atoms with Crippen LogP contribution in [0.2, 0.25) is 5.02 Å². The molecule has 0 radical (unpaired) electrons. The van der Waals surface area contributed by atoms with Crippen molar-refractivity contribution in [1.29, 1.82) is 0 Å². The molecule has 0 aliphatic heterocycles. The van der Waals surface area contributed by atoms with Crippen LogP contribution in [0, 0.1) is 6.92 Å². The van der Waals surface area contributed by atoms with E-state index in [1.165, 1.54) is 23.1 Å². The highest BCUT2D eigenvalue weighted by atomic mass is 35.5. The molecular weight excluding hydrogens is 570 g/mol. The van der Waals surface area contributed by atoms with Crippen LogP contribution < -0.4 is 9.62 Å². The van der Waals surface area contributed by atoms with E-state index in [1.54, 1.807) is 36.4 Å². The molecule has 0 saturated heterocycles. The molecule has 0 heterocycles. The van der Waals surface area contributed by atoms with Crippen molar-refractivity contribution in [3.8, 4) is 0 Å². The number of aryl methyl sites for hydroxylation is 1. The first-order valence-corrected chi connectivity index (χ1v) is 15.5. The lowest BCUT2D eigenvalue weighted by molar-refractivity contribution is -0.140. The van der Waals surface area contributed by atoms with Crippen LogP contribution in [0.4, 0.5) is 5.69 Å². The summed E-state index contributed by atoms with van der Waals surface area (Å²) in [6.45, 7) is 3.73. The lowest BCUT2D eigenvalue weighted by atomic mass is 10.0. The van der Waals surface area contributed by atoms with E-state index in [0.29, 0.717) is 11.6 Å². The van der Waals surface area contributed by atoms with Gasteiger partial charge in [0.25, 0.3) is 10.0 Å². The van der Waals surface area contributed by atoms with Crippen LogP contribution >= 0.6 is 11.6 Å². The minimum absolute atomic E-state index is 0.0350. The number of carbonyl (C=O) groups is 2. The van der Waals surface area contributed by atoms with Gasteiger partial charge in [-0.1, -0.05) is 90.5 Å². The molecule has 4 aromatic carbocycles. The molecular formula is C33H34ClN3O4S. The number of nitrogens with zero attached hydrogens (tertiary/aromatic N) is 2. The van der Waals surface area contributed by atoms with Crippen LogP contribution in [0.3, 0.4) is 0 Å². The minimum atomic E-state index is -4.17. The zero-order chi connectivity index (χ0) is 30.1. The van der Waals surface area contributed by atoms with E-state index in [1.807, 2.05) is 68.4 Å². The zero-order valence-electron chi connectivity index (χ0n) is 23.6. The fourth-order valence-corrected chi connectivity index (χ4v) is 6.31. The molecule has 218 valence electrons. The van der Waals surface area contributed by atoms with Gasteiger partial charge in [0.15, 0.2) is 0 Å². The maximum atomic E-state index is 14.4. The summed E-state index contributed by atoms with van der Waals surface area (Å²) >= 11 is 6.26. The molecule has 0 aliphatic carbocycles. The van der Waals surface area contributed by atoms with Gasteiger partial charge in [-0.05, 0) is 60.9 Å². The largest absolute Gasteiger partial charge is 0.355 e. The number of nitrogens with one attached hydrogen (secondary N) is 1. The van der Waals surface area contributed by atoms with Crippen LogP contribution in [0.1, 0.15) is 23.6 Å². The average molecular weight is 604 g/mol. The summed E-state index contributed by atoms with van der Waals surface area (Å²) in [5.41, 5.74) is 2.93. The molecule has 0 aliphatic rings. The zero-order valence-corrected chi connectivity index (χ0v) is 25.2. The summed E-state index contributed by atoms with van der Waals surface area (Å²) in [6, 6.07) is 30.5. The first-order chi connectivity index (χ1) is 20.2. The summed E-state index contributed by atoms with van der Waals surface area (Å²) in [7, 11) is -4.17. The number of halogens is 1. The van der Waals surface area contributed by atoms with E-state index in [2.05, 4.69) is 5.32 Å². The Balaban J connectivity index is 1.80. The third kappa shape index (κ3) is 7.57. The predicted octanol–water partition coefficient (Wildman–Crippen LogP) is 5.62. The van der Waals surface area contributed by atoms with Crippen molar-refractivity contribution >= 4 is 39.1 Å². The standard InChI is InChI=1S/C33H34ClN3O4S/c1-3-35-33(39)31(21-26-14-6-4-7-15-26)36(23-27-16-11-10-13-25(27)2)32(38)24-37(29-18-12-17-28(34)22-29)42(40,41)30-19-8-5-9-20-30/h4-20,22,31H,3,21,23-24H2,1-2H3,(H,35,39)/t31-/m1/s1. The highest BCUT2D eigenvalue weighted by molar-refractivity contribution is 7.92. The fourth-order valence-electron chi connectivity index (χ4n) is 4.70. The lowest BCUT2D eigenvalue weighted by Gasteiger charge is -2.34. The number of rotatable bonds is 12. The van der Waals surface area contributed by atoms with Crippen LogP contribution in [0.25, 0.3) is 0 Å². The number of carbonyl (C=O) groups excluding carboxylic acids is 2. The van der Waals surface area contributed by atoms with E-state index in [9.17, 15) is 18.0 Å². The molecule has 1 atom stereocenters. The molecule has 0 bridgehead atoms. The molecule has 4 rings (SSSR count). The summed E-state index contributed by atoms with van der Waals surface area (Å²) in [4.78, 5) is 29.4. The third-order valence-electron chi connectivity index (χ3n) is 6.93. The molecule has 0 saturated carbocycles. The highest BCUT2D eigenvalue weighted by Crippen LogP contribution is 2.27. The third-order valence-corrected chi connectivity index (χ3v) is 8.95. The minimum Gasteiger partial charge on any atom is -0.355 e. The SMILES string of the molecule is CCNC(=O)[C@@H](Cc1ccccc1)N(Cc1ccccc1C)C(=O)CN(c1cccc(Cl)c1)S(=O)(=O)c1ccccc1. The van der Waals surface area contributed by atoms with Gasteiger partial charge in [0.2, 0.25) is 11.8 Å². The van der Waals surface area contributed by atoms with Crippen molar-refractivity contribution in [2.45, 2.75) is 37.8 Å². The van der Waals surface area contributed by atoms with E-state index in [-0.39, 0.29) is 29.5 Å². The van der Waals surface area contributed by atoms with Crippen LogP contribution in [0.5, 0.6) is 0 Å². The van der Waals surface area contributed by atoms with Crippen LogP contribution in [-0.2, 0) is 32.6 Å². The van der Waals surface area contributed by atoms with Gasteiger partial charge in [0.1, 0.15) is 12.6 Å². The number of amides is 2. The number of hydrogen-bond donors (Lipinski definition) is 1. The maximum absolute atomic E-state index is 14.4. The Hall–Kier alpha value is -4.14. The lowest BCUT2D eigenvalue weighted by Crippen LogP contribution is -2.53. The first kappa shape index (κ1) is 30.8. The Labute approximate surface area is 252 Å². The summed E-state index contributed by atoms with van der Waals surface area (Å²) in [6.07, 6.45) is 0.257. The van der Waals surface area contributed by atoms with Crippen molar-refractivity contribution in [2.24, 2.45) is 0 Å². The number of likely N-dealkylation sites (N-methyl/N-ethyl adjacent to an activating group) is 1. The Kier molecular flexibility index (Phi) is 10.4. The molecule has 9 heteroatoms. The maximum Gasteiger partial charge on any atom is 0.264 e. The number of anilines is 1. The van der Waals surface area contributed by atoms with Gasteiger partial charge in [0.05, 0.1) is 10.6 Å². The van der Waals surface area contributed by atoms with Gasteiger partial charge in [-0.15, -0.1) is 0 Å². The molecule has 0 aromatic heterocycles. The molecule has 4 aromatic rings. The number of sulfonamides is 1.